The first-order valence-electron chi connectivity index (χ1n) is 9.36. The monoisotopic (exact) mass is 451 g/mol. The average Bonchev–Trinajstić information content (AvgIpc) is 2.69. The van der Waals surface area contributed by atoms with Gasteiger partial charge in [-0.25, -0.2) is 0 Å². The van der Waals surface area contributed by atoms with E-state index in [0.29, 0.717) is 10.6 Å². The van der Waals surface area contributed by atoms with Gasteiger partial charge >= 0.3 is 6.18 Å². The van der Waals surface area contributed by atoms with Crippen LogP contribution in [0.1, 0.15) is 23.1 Å². The van der Waals surface area contributed by atoms with Gasteiger partial charge in [-0.1, -0.05) is 12.1 Å². The van der Waals surface area contributed by atoms with Gasteiger partial charge in [0.15, 0.2) is 0 Å². The number of aryl methyl sites for hydroxylation is 1. The molecule has 0 radical (unpaired) electrons. The number of carbonyl (C=O) groups excluding carboxylic acids is 3. The van der Waals surface area contributed by atoms with Crippen LogP contribution in [0.2, 0.25) is 0 Å². The summed E-state index contributed by atoms with van der Waals surface area (Å²) in [7, 11) is 0. The van der Waals surface area contributed by atoms with Crippen LogP contribution in [0.3, 0.4) is 0 Å². The molecule has 3 rings (SSSR count). The molecule has 6 nitrogen and oxygen atoms in total. The molecule has 3 N–H and O–H groups in total. The third-order valence-corrected chi connectivity index (χ3v) is 6.10. The van der Waals surface area contributed by atoms with Crippen molar-refractivity contribution in [3.63, 3.8) is 0 Å². The van der Waals surface area contributed by atoms with Crippen molar-refractivity contribution in [2.45, 2.75) is 36.6 Å². The van der Waals surface area contributed by atoms with E-state index >= 15 is 0 Å². The summed E-state index contributed by atoms with van der Waals surface area (Å²) in [5.74, 6) is -1.49. The van der Waals surface area contributed by atoms with Crippen molar-refractivity contribution < 1.29 is 27.6 Å². The Balaban J connectivity index is 1.54. The number of rotatable bonds is 5. The van der Waals surface area contributed by atoms with Crippen LogP contribution in [0.15, 0.2) is 41.3 Å². The van der Waals surface area contributed by atoms with E-state index in [1.807, 2.05) is 26.0 Å². The summed E-state index contributed by atoms with van der Waals surface area (Å²) in [5.41, 5.74) is 1.79. The number of halogens is 3. The standard InChI is InChI=1S/C21H20F3N3O3S/c1-11-4-3-5-14(12(11)2)26-19(29)10-25-18(28)9-17-20(30)27-15-8-13(21(22,23)24)6-7-16(15)31-17/h3-8,17H,9-10H2,1-2H3,(H,25,28)(H,26,29)(H,27,30)/t17-/m1/s1. The fourth-order valence-electron chi connectivity index (χ4n) is 2.96. The number of alkyl halides is 3. The quantitative estimate of drug-likeness (QED) is 0.644. The van der Waals surface area contributed by atoms with Crippen molar-refractivity contribution >= 4 is 40.9 Å². The Labute approximate surface area is 181 Å². The lowest BCUT2D eigenvalue weighted by Crippen LogP contribution is -2.38. The first-order chi connectivity index (χ1) is 14.5. The topological polar surface area (TPSA) is 87.3 Å². The summed E-state index contributed by atoms with van der Waals surface area (Å²) in [6.07, 6.45) is -4.73. The molecule has 0 aromatic heterocycles. The van der Waals surface area contributed by atoms with Crippen molar-refractivity contribution in [2.24, 2.45) is 0 Å². The Morgan fingerprint density at radius 3 is 2.58 bits per heavy atom. The molecule has 0 saturated heterocycles. The molecule has 1 aliphatic rings. The Kier molecular flexibility index (Phi) is 6.59. The molecule has 0 spiro atoms. The van der Waals surface area contributed by atoms with E-state index in [2.05, 4.69) is 16.0 Å². The number of anilines is 2. The number of thioether (sulfide) groups is 1. The number of amides is 3. The highest BCUT2D eigenvalue weighted by molar-refractivity contribution is 8.01. The summed E-state index contributed by atoms with van der Waals surface area (Å²) in [4.78, 5) is 37.0. The van der Waals surface area contributed by atoms with Crippen molar-refractivity contribution in [3.05, 3.63) is 53.1 Å². The maximum absolute atomic E-state index is 12.8. The van der Waals surface area contributed by atoms with Gasteiger partial charge < -0.3 is 16.0 Å². The van der Waals surface area contributed by atoms with Crippen molar-refractivity contribution in [2.75, 3.05) is 17.2 Å². The molecule has 31 heavy (non-hydrogen) atoms. The number of nitrogens with one attached hydrogen (secondary N) is 3. The van der Waals surface area contributed by atoms with E-state index < -0.39 is 34.7 Å². The lowest BCUT2D eigenvalue weighted by Gasteiger charge is -2.24. The highest BCUT2D eigenvalue weighted by atomic mass is 32.2. The molecule has 0 aliphatic carbocycles. The number of carbonyl (C=O) groups is 3. The molecule has 2 aromatic rings. The smallest absolute Gasteiger partial charge is 0.347 e. The average molecular weight is 451 g/mol. The molecule has 10 heteroatoms. The first-order valence-corrected chi connectivity index (χ1v) is 10.2. The Hall–Kier alpha value is -3.01. The Morgan fingerprint density at radius 1 is 1.13 bits per heavy atom. The van der Waals surface area contributed by atoms with Crippen LogP contribution < -0.4 is 16.0 Å². The molecular formula is C21H20F3N3O3S. The van der Waals surface area contributed by atoms with Gasteiger partial charge in [-0.05, 0) is 49.2 Å². The van der Waals surface area contributed by atoms with Gasteiger partial charge in [0.2, 0.25) is 17.7 Å². The van der Waals surface area contributed by atoms with E-state index in [1.54, 1.807) is 6.07 Å². The Morgan fingerprint density at radius 2 is 1.87 bits per heavy atom. The maximum atomic E-state index is 12.8. The fourth-order valence-corrected chi connectivity index (χ4v) is 4.05. The van der Waals surface area contributed by atoms with Gasteiger partial charge in [0.05, 0.1) is 23.0 Å². The summed E-state index contributed by atoms with van der Waals surface area (Å²) < 4.78 is 38.5. The van der Waals surface area contributed by atoms with Crippen LogP contribution in [0.25, 0.3) is 0 Å². The molecule has 0 saturated carbocycles. The van der Waals surface area contributed by atoms with Crippen LogP contribution in [-0.4, -0.2) is 29.5 Å². The fraction of sp³-hybridized carbons (Fsp3) is 0.286. The number of benzene rings is 2. The van der Waals surface area contributed by atoms with Crippen LogP contribution in [0.5, 0.6) is 0 Å². The molecule has 0 unspecified atom stereocenters. The molecule has 164 valence electrons. The zero-order valence-electron chi connectivity index (χ0n) is 16.7. The number of fused-ring (bicyclic) bond motifs is 1. The second-order valence-corrected chi connectivity index (χ2v) is 8.33. The lowest BCUT2D eigenvalue weighted by molar-refractivity contribution is -0.137. The SMILES string of the molecule is Cc1cccc(NC(=O)CNC(=O)C[C@H]2Sc3ccc(C(F)(F)F)cc3NC2=O)c1C. The summed E-state index contributed by atoms with van der Waals surface area (Å²) in [6.45, 7) is 3.52. The van der Waals surface area contributed by atoms with Gasteiger partial charge in [0.25, 0.3) is 0 Å². The van der Waals surface area contributed by atoms with Gasteiger partial charge in [-0.2, -0.15) is 13.2 Å². The second-order valence-electron chi connectivity index (χ2n) is 7.08. The van der Waals surface area contributed by atoms with Gasteiger partial charge in [-0.3, -0.25) is 14.4 Å². The van der Waals surface area contributed by atoms with E-state index in [1.165, 1.54) is 6.07 Å². The molecule has 2 aromatic carbocycles. The van der Waals surface area contributed by atoms with Crippen LogP contribution in [0.4, 0.5) is 24.5 Å². The maximum Gasteiger partial charge on any atom is 0.416 e. The van der Waals surface area contributed by atoms with Crippen LogP contribution >= 0.6 is 11.8 Å². The summed E-state index contributed by atoms with van der Waals surface area (Å²) in [6, 6.07) is 8.55. The number of hydrogen-bond donors (Lipinski definition) is 3. The van der Waals surface area contributed by atoms with Gasteiger partial charge in [-0.15, -0.1) is 11.8 Å². The molecule has 0 fully saturated rings. The summed E-state index contributed by atoms with van der Waals surface area (Å²) in [5, 5.41) is 6.79. The second kappa shape index (κ2) is 9.01. The van der Waals surface area contributed by atoms with E-state index in [9.17, 15) is 27.6 Å². The van der Waals surface area contributed by atoms with Crippen LogP contribution in [-0.2, 0) is 20.6 Å². The largest absolute Gasteiger partial charge is 0.416 e. The normalized spacial score (nSPS) is 15.6. The Bertz CT molecular complexity index is 1040. The predicted octanol–water partition coefficient (Wildman–Crippen LogP) is 3.88. The summed E-state index contributed by atoms with van der Waals surface area (Å²) >= 11 is 1.01. The molecule has 0 bridgehead atoms. The van der Waals surface area contributed by atoms with E-state index in [4.69, 9.17) is 0 Å². The first kappa shape index (κ1) is 22.7. The van der Waals surface area contributed by atoms with Gasteiger partial charge in [0, 0.05) is 17.0 Å². The van der Waals surface area contributed by atoms with Crippen molar-refractivity contribution in [3.8, 4) is 0 Å². The minimum absolute atomic E-state index is 0.0642. The van der Waals surface area contributed by atoms with E-state index in [-0.39, 0.29) is 18.7 Å². The minimum atomic E-state index is -4.52. The van der Waals surface area contributed by atoms with Crippen molar-refractivity contribution in [1.82, 2.24) is 5.32 Å². The minimum Gasteiger partial charge on any atom is -0.347 e. The molecule has 1 atom stereocenters. The highest BCUT2D eigenvalue weighted by Crippen LogP contribution is 2.40. The molecular weight excluding hydrogens is 431 g/mol. The molecule has 3 amide bonds. The molecule has 1 aliphatic heterocycles. The zero-order chi connectivity index (χ0) is 22.8. The molecule has 1 heterocycles. The lowest BCUT2D eigenvalue weighted by atomic mass is 10.1. The van der Waals surface area contributed by atoms with Gasteiger partial charge in [0.1, 0.15) is 0 Å². The van der Waals surface area contributed by atoms with E-state index in [0.717, 1.165) is 35.0 Å². The third-order valence-electron chi connectivity index (χ3n) is 4.82. The predicted molar refractivity (Wildman–Crippen MR) is 112 cm³/mol. The third kappa shape index (κ3) is 5.57. The van der Waals surface area contributed by atoms with Crippen LogP contribution in [0, 0.1) is 13.8 Å². The highest BCUT2D eigenvalue weighted by Gasteiger charge is 2.34. The van der Waals surface area contributed by atoms with Crippen molar-refractivity contribution in [1.29, 1.82) is 0 Å². The zero-order valence-corrected chi connectivity index (χ0v) is 17.5. The number of hydrogen-bond acceptors (Lipinski definition) is 4.